The van der Waals surface area contributed by atoms with E-state index in [1.165, 1.54) is 5.56 Å². The first kappa shape index (κ1) is 13.6. The summed E-state index contributed by atoms with van der Waals surface area (Å²) in [7, 11) is 1.95. The van der Waals surface area contributed by atoms with Crippen molar-refractivity contribution in [1.29, 1.82) is 0 Å². The van der Waals surface area contributed by atoms with Crippen LogP contribution >= 0.6 is 31.9 Å². The van der Waals surface area contributed by atoms with Crippen molar-refractivity contribution in [3.8, 4) is 0 Å². The molecule has 0 aliphatic carbocycles. The smallest absolute Gasteiger partial charge is 0.0654 e. The van der Waals surface area contributed by atoms with Gasteiger partial charge in [0.1, 0.15) is 0 Å². The summed E-state index contributed by atoms with van der Waals surface area (Å²) in [4.78, 5) is 0. The van der Waals surface area contributed by atoms with Crippen molar-refractivity contribution in [3.63, 3.8) is 0 Å². The number of anilines is 1. The Balaban J connectivity index is 2.27. The van der Waals surface area contributed by atoms with Crippen molar-refractivity contribution in [1.82, 2.24) is 9.78 Å². The van der Waals surface area contributed by atoms with E-state index >= 15 is 0 Å². The van der Waals surface area contributed by atoms with E-state index in [0.29, 0.717) is 0 Å². The van der Waals surface area contributed by atoms with Crippen LogP contribution in [-0.4, -0.2) is 9.78 Å². The number of aromatic nitrogens is 2. The molecule has 0 amide bonds. The van der Waals surface area contributed by atoms with Gasteiger partial charge in [-0.25, -0.2) is 0 Å². The van der Waals surface area contributed by atoms with Gasteiger partial charge in [0, 0.05) is 22.2 Å². The molecule has 0 aliphatic heterocycles. The van der Waals surface area contributed by atoms with Gasteiger partial charge in [-0.15, -0.1) is 0 Å². The van der Waals surface area contributed by atoms with E-state index < -0.39 is 0 Å². The van der Waals surface area contributed by atoms with Gasteiger partial charge in [-0.1, -0.05) is 0 Å². The number of aryl methyl sites for hydroxylation is 2. The third kappa shape index (κ3) is 2.78. The zero-order valence-electron chi connectivity index (χ0n) is 10.5. The lowest BCUT2D eigenvalue weighted by atomic mass is 10.2. The summed E-state index contributed by atoms with van der Waals surface area (Å²) in [6, 6.07) is 6.41. The Kier molecular flexibility index (Phi) is 4.12. The number of rotatable bonds is 3. The van der Waals surface area contributed by atoms with Gasteiger partial charge in [-0.05, 0) is 69.5 Å². The van der Waals surface area contributed by atoms with Crippen molar-refractivity contribution in [3.05, 3.63) is 44.6 Å². The van der Waals surface area contributed by atoms with Crippen molar-refractivity contribution in [2.75, 3.05) is 5.32 Å². The molecular formula is C13H15Br2N3. The predicted molar refractivity (Wildman–Crippen MR) is 81.8 cm³/mol. The molecule has 0 spiro atoms. The molecule has 1 aromatic heterocycles. The lowest BCUT2D eigenvalue weighted by Gasteiger charge is -2.18. The van der Waals surface area contributed by atoms with Crippen molar-refractivity contribution < 1.29 is 0 Å². The molecular weight excluding hydrogens is 358 g/mol. The molecule has 0 bridgehead atoms. The number of nitrogens with zero attached hydrogens (tertiary/aromatic N) is 2. The normalized spacial score (nSPS) is 12.5. The van der Waals surface area contributed by atoms with Crippen LogP contribution in [0.4, 0.5) is 5.69 Å². The van der Waals surface area contributed by atoms with Crippen molar-refractivity contribution in [2.24, 2.45) is 7.05 Å². The Morgan fingerprint density at radius 1 is 1.28 bits per heavy atom. The van der Waals surface area contributed by atoms with E-state index in [1.807, 2.05) is 24.0 Å². The monoisotopic (exact) mass is 371 g/mol. The SMILES string of the molecule is Cc1cc(Br)c(NC(C)c2ccnn2C)c(Br)c1. The third-order valence-electron chi connectivity index (χ3n) is 2.85. The maximum atomic E-state index is 4.19. The van der Waals surface area contributed by atoms with Crippen LogP contribution in [0, 0.1) is 6.92 Å². The van der Waals surface area contributed by atoms with Crippen LogP contribution < -0.4 is 5.32 Å². The number of hydrogen-bond acceptors (Lipinski definition) is 2. The van der Waals surface area contributed by atoms with Crippen LogP contribution in [0.15, 0.2) is 33.3 Å². The van der Waals surface area contributed by atoms with Crippen LogP contribution in [0.5, 0.6) is 0 Å². The fourth-order valence-electron chi connectivity index (χ4n) is 1.94. The van der Waals surface area contributed by atoms with Gasteiger partial charge in [0.15, 0.2) is 0 Å². The van der Waals surface area contributed by atoms with E-state index in [9.17, 15) is 0 Å². The van der Waals surface area contributed by atoms with Gasteiger partial charge in [-0.2, -0.15) is 5.10 Å². The Morgan fingerprint density at radius 2 is 1.89 bits per heavy atom. The first-order valence-corrected chi connectivity index (χ1v) is 7.27. The molecule has 0 saturated heterocycles. The number of halogens is 2. The average molecular weight is 373 g/mol. The second-order valence-electron chi connectivity index (χ2n) is 4.35. The standard InChI is InChI=1S/C13H15Br2N3/c1-8-6-10(14)13(11(15)7-8)17-9(2)12-4-5-16-18(12)3/h4-7,9,17H,1-3H3. The van der Waals surface area contributed by atoms with Crippen LogP contribution in [-0.2, 0) is 7.05 Å². The highest BCUT2D eigenvalue weighted by atomic mass is 79.9. The summed E-state index contributed by atoms with van der Waals surface area (Å²) < 4.78 is 4.00. The van der Waals surface area contributed by atoms with Crippen LogP contribution in [0.1, 0.15) is 24.2 Å². The fraction of sp³-hybridized carbons (Fsp3) is 0.308. The first-order chi connectivity index (χ1) is 8.49. The summed E-state index contributed by atoms with van der Waals surface area (Å²) in [5, 5.41) is 7.69. The minimum Gasteiger partial charge on any atom is -0.375 e. The Bertz CT molecular complexity index is 540. The highest BCUT2D eigenvalue weighted by Crippen LogP contribution is 2.34. The summed E-state index contributed by atoms with van der Waals surface area (Å²) in [6.07, 6.45) is 1.81. The Labute approximate surface area is 124 Å². The fourth-order valence-corrected chi connectivity index (χ4v) is 3.58. The van der Waals surface area contributed by atoms with E-state index in [4.69, 9.17) is 0 Å². The summed E-state index contributed by atoms with van der Waals surface area (Å²) >= 11 is 7.19. The highest BCUT2D eigenvalue weighted by Gasteiger charge is 2.13. The Morgan fingerprint density at radius 3 is 2.39 bits per heavy atom. The second kappa shape index (κ2) is 5.45. The topological polar surface area (TPSA) is 29.9 Å². The van der Waals surface area contributed by atoms with Crippen LogP contribution in [0.2, 0.25) is 0 Å². The minimum atomic E-state index is 0.188. The van der Waals surface area contributed by atoms with Gasteiger partial charge < -0.3 is 5.32 Å². The van der Waals surface area contributed by atoms with Crippen LogP contribution in [0.25, 0.3) is 0 Å². The molecule has 1 atom stereocenters. The molecule has 2 aromatic rings. The van der Waals surface area contributed by atoms with Gasteiger partial charge in [-0.3, -0.25) is 4.68 Å². The zero-order chi connectivity index (χ0) is 13.3. The molecule has 5 heteroatoms. The zero-order valence-corrected chi connectivity index (χ0v) is 13.7. The van der Waals surface area contributed by atoms with E-state index in [0.717, 1.165) is 20.3 Å². The van der Waals surface area contributed by atoms with Gasteiger partial charge >= 0.3 is 0 Å². The highest BCUT2D eigenvalue weighted by molar-refractivity contribution is 9.11. The summed E-state index contributed by atoms with van der Waals surface area (Å²) in [5.41, 5.74) is 3.43. The molecule has 0 saturated carbocycles. The lowest BCUT2D eigenvalue weighted by Crippen LogP contribution is -2.12. The largest absolute Gasteiger partial charge is 0.375 e. The van der Waals surface area contributed by atoms with E-state index in [1.54, 1.807) is 0 Å². The second-order valence-corrected chi connectivity index (χ2v) is 6.06. The molecule has 2 rings (SSSR count). The molecule has 0 aliphatic rings. The van der Waals surface area contributed by atoms with Crippen molar-refractivity contribution in [2.45, 2.75) is 19.9 Å². The molecule has 1 unspecified atom stereocenters. The first-order valence-electron chi connectivity index (χ1n) is 5.69. The number of hydrogen-bond donors (Lipinski definition) is 1. The lowest BCUT2D eigenvalue weighted by molar-refractivity contribution is 0.675. The average Bonchev–Trinajstić information content (AvgIpc) is 2.69. The molecule has 0 radical (unpaired) electrons. The van der Waals surface area contributed by atoms with Gasteiger partial charge in [0.2, 0.25) is 0 Å². The predicted octanol–water partition coefficient (Wildman–Crippen LogP) is 4.43. The molecule has 1 aromatic carbocycles. The third-order valence-corrected chi connectivity index (χ3v) is 4.10. The molecule has 3 nitrogen and oxygen atoms in total. The van der Waals surface area contributed by atoms with Gasteiger partial charge in [0.25, 0.3) is 0 Å². The van der Waals surface area contributed by atoms with E-state index in [-0.39, 0.29) is 6.04 Å². The quantitative estimate of drug-likeness (QED) is 0.863. The van der Waals surface area contributed by atoms with Gasteiger partial charge in [0.05, 0.1) is 17.4 Å². The molecule has 1 heterocycles. The molecule has 1 N–H and O–H groups in total. The molecule has 96 valence electrons. The summed E-state index contributed by atoms with van der Waals surface area (Å²) in [6.45, 7) is 4.19. The Hall–Kier alpha value is -0.810. The minimum absolute atomic E-state index is 0.188. The van der Waals surface area contributed by atoms with E-state index in [2.05, 4.69) is 68.3 Å². The maximum Gasteiger partial charge on any atom is 0.0654 e. The number of benzene rings is 1. The summed E-state index contributed by atoms with van der Waals surface area (Å²) in [5.74, 6) is 0. The molecule has 18 heavy (non-hydrogen) atoms. The number of nitrogens with one attached hydrogen (secondary N) is 1. The molecule has 0 fully saturated rings. The maximum absolute atomic E-state index is 4.19. The van der Waals surface area contributed by atoms with Crippen LogP contribution in [0.3, 0.4) is 0 Å². The van der Waals surface area contributed by atoms with Crippen molar-refractivity contribution >= 4 is 37.5 Å².